The Morgan fingerprint density at radius 1 is 1.20 bits per heavy atom. The van der Waals surface area contributed by atoms with Gasteiger partial charge < -0.3 is 0 Å². The second-order valence-corrected chi connectivity index (χ2v) is 5.46. The molecule has 1 unspecified atom stereocenters. The minimum absolute atomic E-state index is 0.591. The van der Waals surface area contributed by atoms with Gasteiger partial charge in [0.2, 0.25) is 0 Å². The number of benzene rings is 1. The van der Waals surface area contributed by atoms with Gasteiger partial charge in [0.25, 0.3) is 0 Å². The molecule has 0 nitrogen and oxygen atoms in total. The zero-order valence-corrected chi connectivity index (χ0v) is 11.2. The van der Waals surface area contributed by atoms with Crippen LogP contribution in [-0.2, 0) is 12.8 Å². The van der Waals surface area contributed by atoms with Crippen LogP contribution in [0, 0.1) is 5.92 Å². The summed E-state index contributed by atoms with van der Waals surface area (Å²) in [7, 11) is 0. The van der Waals surface area contributed by atoms with Crippen LogP contribution in [-0.4, -0.2) is 0 Å². The lowest BCUT2D eigenvalue weighted by atomic mass is 9.98. The molecule has 1 aromatic rings. The minimum atomic E-state index is 0.591. The smallest absolute Gasteiger partial charge is 0.0423 e. The molecule has 1 fully saturated rings. The maximum Gasteiger partial charge on any atom is 0.0423 e. The third kappa shape index (κ3) is 2.44. The van der Waals surface area contributed by atoms with Crippen LogP contribution in [0.25, 0.3) is 0 Å². The van der Waals surface area contributed by atoms with Crippen LogP contribution in [0.2, 0.25) is 0 Å². The molecule has 0 heterocycles. The molecule has 0 saturated heterocycles. The summed E-state index contributed by atoms with van der Waals surface area (Å²) < 4.78 is 0. The van der Waals surface area contributed by atoms with Gasteiger partial charge in [-0.05, 0) is 48.3 Å². The van der Waals surface area contributed by atoms with Gasteiger partial charge in [0.1, 0.15) is 0 Å². The normalized spacial score (nSPS) is 17.8. The van der Waals surface area contributed by atoms with E-state index in [1.807, 2.05) is 0 Å². The molecule has 1 heteroatoms. The molecule has 0 spiro atoms. The third-order valence-corrected chi connectivity index (χ3v) is 4.62. The van der Waals surface area contributed by atoms with E-state index in [0.29, 0.717) is 4.83 Å². The lowest BCUT2D eigenvalue weighted by Gasteiger charge is -2.13. The van der Waals surface area contributed by atoms with Gasteiger partial charge in [0.05, 0.1) is 0 Å². The Morgan fingerprint density at radius 3 is 2.40 bits per heavy atom. The van der Waals surface area contributed by atoms with Crippen molar-refractivity contribution >= 4 is 15.9 Å². The fourth-order valence-corrected chi connectivity index (χ4v) is 2.97. The molecule has 82 valence electrons. The molecule has 0 aliphatic heterocycles. The predicted molar refractivity (Wildman–Crippen MR) is 69.6 cm³/mol. The maximum absolute atomic E-state index is 3.82. The highest BCUT2D eigenvalue weighted by atomic mass is 79.9. The maximum atomic E-state index is 3.82. The fourth-order valence-electron chi connectivity index (χ4n) is 2.15. The lowest BCUT2D eigenvalue weighted by Crippen LogP contribution is -1.97. The molecule has 0 amide bonds. The molecule has 1 saturated carbocycles. The Balaban J connectivity index is 2.25. The summed E-state index contributed by atoms with van der Waals surface area (Å²) in [6, 6.07) is 7.01. The molecule has 0 radical (unpaired) electrons. The fraction of sp³-hybridized carbons (Fsp3) is 0.571. The van der Waals surface area contributed by atoms with Crippen molar-refractivity contribution in [3.05, 3.63) is 34.9 Å². The van der Waals surface area contributed by atoms with E-state index in [9.17, 15) is 0 Å². The SMILES string of the molecule is CCc1ccc(C(Br)C2CC2)cc1CC. The van der Waals surface area contributed by atoms with Crippen molar-refractivity contribution in [3.8, 4) is 0 Å². The highest BCUT2D eigenvalue weighted by Gasteiger charge is 2.30. The van der Waals surface area contributed by atoms with Gasteiger partial charge >= 0.3 is 0 Å². The molecule has 0 bridgehead atoms. The Labute approximate surface area is 101 Å². The highest BCUT2D eigenvalue weighted by molar-refractivity contribution is 9.09. The topological polar surface area (TPSA) is 0 Å². The van der Waals surface area contributed by atoms with E-state index in [1.165, 1.54) is 29.5 Å². The molecule has 1 aliphatic carbocycles. The first kappa shape index (κ1) is 11.2. The van der Waals surface area contributed by atoms with E-state index in [4.69, 9.17) is 0 Å². The van der Waals surface area contributed by atoms with Crippen LogP contribution >= 0.6 is 15.9 Å². The van der Waals surface area contributed by atoms with Crippen molar-refractivity contribution in [2.24, 2.45) is 5.92 Å². The second kappa shape index (κ2) is 4.69. The summed E-state index contributed by atoms with van der Waals surface area (Å²) >= 11 is 3.82. The zero-order valence-electron chi connectivity index (χ0n) is 9.59. The van der Waals surface area contributed by atoms with Crippen molar-refractivity contribution in [2.75, 3.05) is 0 Å². The molecule has 2 rings (SSSR count). The standard InChI is InChI=1S/C14H19Br/c1-3-10-5-8-13(9-11(10)4-2)14(15)12-6-7-12/h5,8-9,12,14H,3-4,6-7H2,1-2H3. The first-order valence-electron chi connectivity index (χ1n) is 6.02. The number of aryl methyl sites for hydroxylation is 2. The van der Waals surface area contributed by atoms with Crippen molar-refractivity contribution < 1.29 is 0 Å². The van der Waals surface area contributed by atoms with Gasteiger partial charge in [0.15, 0.2) is 0 Å². The summed E-state index contributed by atoms with van der Waals surface area (Å²) in [6.07, 6.45) is 5.10. The van der Waals surface area contributed by atoms with E-state index >= 15 is 0 Å². The molecule has 1 atom stereocenters. The van der Waals surface area contributed by atoms with E-state index in [1.54, 1.807) is 0 Å². The number of rotatable bonds is 4. The summed E-state index contributed by atoms with van der Waals surface area (Å²) in [5.41, 5.74) is 4.52. The Kier molecular flexibility index (Phi) is 3.50. The quantitative estimate of drug-likeness (QED) is 0.696. The minimum Gasteiger partial charge on any atom is -0.0836 e. The summed E-state index contributed by atoms with van der Waals surface area (Å²) in [5, 5.41) is 0. The largest absolute Gasteiger partial charge is 0.0836 e. The highest BCUT2D eigenvalue weighted by Crippen LogP contribution is 2.46. The molecule has 1 aliphatic rings. The third-order valence-electron chi connectivity index (χ3n) is 3.35. The first-order valence-corrected chi connectivity index (χ1v) is 6.93. The van der Waals surface area contributed by atoms with Crippen molar-refractivity contribution in [1.29, 1.82) is 0 Å². The Hall–Kier alpha value is -0.300. The van der Waals surface area contributed by atoms with Gasteiger partial charge in [-0.15, -0.1) is 0 Å². The average molecular weight is 267 g/mol. The van der Waals surface area contributed by atoms with Crippen molar-refractivity contribution in [3.63, 3.8) is 0 Å². The number of hydrogen-bond acceptors (Lipinski definition) is 0. The lowest BCUT2D eigenvalue weighted by molar-refractivity contribution is 0.819. The molecule has 0 aromatic heterocycles. The van der Waals surface area contributed by atoms with Crippen LogP contribution in [0.3, 0.4) is 0 Å². The van der Waals surface area contributed by atoms with Crippen LogP contribution in [0.15, 0.2) is 18.2 Å². The molecular formula is C14H19Br. The van der Waals surface area contributed by atoms with E-state index in [-0.39, 0.29) is 0 Å². The summed E-state index contributed by atoms with van der Waals surface area (Å²) in [5.74, 6) is 0.891. The van der Waals surface area contributed by atoms with E-state index in [2.05, 4.69) is 48.0 Å². The second-order valence-electron chi connectivity index (χ2n) is 4.47. The number of alkyl halides is 1. The van der Waals surface area contributed by atoms with Gasteiger partial charge in [-0.3, -0.25) is 0 Å². The predicted octanol–water partition coefficient (Wildman–Crippen LogP) is 4.66. The summed E-state index contributed by atoms with van der Waals surface area (Å²) in [6.45, 7) is 4.49. The first-order chi connectivity index (χ1) is 7.26. The van der Waals surface area contributed by atoms with Gasteiger partial charge in [0, 0.05) is 4.83 Å². The summed E-state index contributed by atoms with van der Waals surface area (Å²) in [4.78, 5) is 0.591. The Bertz CT molecular complexity index is 339. The number of hydrogen-bond donors (Lipinski definition) is 0. The van der Waals surface area contributed by atoms with Crippen LogP contribution in [0.4, 0.5) is 0 Å². The molecule has 15 heavy (non-hydrogen) atoms. The van der Waals surface area contributed by atoms with Crippen LogP contribution in [0.5, 0.6) is 0 Å². The van der Waals surface area contributed by atoms with Gasteiger partial charge in [-0.1, -0.05) is 48.0 Å². The molecule has 0 N–H and O–H groups in total. The number of halogens is 1. The zero-order chi connectivity index (χ0) is 10.8. The van der Waals surface area contributed by atoms with Crippen LogP contribution in [0.1, 0.15) is 48.2 Å². The van der Waals surface area contributed by atoms with Gasteiger partial charge in [-0.2, -0.15) is 0 Å². The average Bonchev–Trinajstić information content (AvgIpc) is 3.11. The van der Waals surface area contributed by atoms with Crippen molar-refractivity contribution in [2.45, 2.75) is 44.4 Å². The van der Waals surface area contributed by atoms with Crippen LogP contribution < -0.4 is 0 Å². The molecule has 1 aromatic carbocycles. The van der Waals surface area contributed by atoms with Gasteiger partial charge in [-0.25, -0.2) is 0 Å². The monoisotopic (exact) mass is 266 g/mol. The van der Waals surface area contributed by atoms with Crippen molar-refractivity contribution in [1.82, 2.24) is 0 Å². The Morgan fingerprint density at radius 2 is 1.87 bits per heavy atom. The van der Waals surface area contributed by atoms with E-state index in [0.717, 1.165) is 18.8 Å². The van der Waals surface area contributed by atoms with E-state index < -0.39 is 0 Å². The molecular weight excluding hydrogens is 248 g/mol.